The molecule has 0 bridgehead atoms. The fraction of sp³-hybridized carbons (Fsp3) is 0.750. The van der Waals surface area contributed by atoms with Crippen molar-refractivity contribution in [3.05, 3.63) is 17.5 Å². The Bertz CT molecular complexity index is 509. The molecule has 5 heteroatoms. The zero-order chi connectivity index (χ0) is 14.2. The van der Waals surface area contributed by atoms with Crippen molar-refractivity contribution in [3.63, 3.8) is 0 Å². The highest BCUT2D eigenvalue weighted by molar-refractivity contribution is 5.92. The van der Waals surface area contributed by atoms with Crippen molar-refractivity contribution in [2.45, 2.75) is 38.0 Å². The summed E-state index contributed by atoms with van der Waals surface area (Å²) < 4.78 is 10.8. The second kappa shape index (κ2) is 5.44. The van der Waals surface area contributed by atoms with Gasteiger partial charge < -0.3 is 14.2 Å². The van der Waals surface area contributed by atoms with Crippen molar-refractivity contribution in [2.75, 3.05) is 26.3 Å². The van der Waals surface area contributed by atoms with E-state index >= 15 is 0 Å². The van der Waals surface area contributed by atoms with E-state index in [9.17, 15) is 4.79 Å². The summed E-state index contributed by atoms with van der Waals surface area (Å²) in [5, 5.41) is 3.96. The maximum absolute atomic E-state index is 12.5. The van der Waals surface area contributed by atoms with Gasteiger partial charge >= 0.3 is 0 Å². The molecule has 1 aromatic rings. The minimum absolute atomic E-state index is 0.0340. The fourth-order valence-electron chi connectivity index (χ4n) is 3.61. The van der Waals surface area contributed by atoms with Crippen LogP contribution in [-0.4, -0.2) is 42.3 Å². The molecule has 0 aromatic carbocycles. The van der Waals surface area contributed by atoms with Gasteiger partial charge in [-0.3, -0.25) is 4.79 Å². The van der Waals surface area contributed by atoms with E-state index in [1.165, 1.54) is 6.42 Å². The van der Waals surface area contributed by atoms with E-state index in [2.05, 4.69) is 5.16 Å². The molecule has 0 radical (unpaired) electrons. The van der Waals surface area contributed by atoms with Crippen LogP contribution < -0.4 is 0 Å². The highest BCUT2D eigenvalue weighted by Crippen LogP contribution is 2.40. The van der Waals surface area contributed by atoms with Gasteiger partial charge in [-0.05, 0) is 43.9 Å². The predicted molar refractivity (Wildman–Crippen MR) is 76.0 cm³/mol. The van der Waals surface area contributed by atoms with Gasteiger partial charge in [-0.15, -0.1) is 0 Å². The number of hydrogen-bond acceptors (Lipinski definition) is 4. The zero-order valence-corrected chi connectivity index (χ0v) is 12.3. The number of carbonyl (C=O) groups excluding carboxylic acids is 1. The van der Waals surface area contributed by atoms with E-state index in [-0.39, 0.29) is 5.91 Å². The van der Waals surface area contributed by atoms with Crippen LogP contribution in [0.5, 0.6) is 0 Å². The lowest BCUT2D eigenvalue weighted by molar-refractivity contribution is 0.0638. The summed E-state index contributed by atoms with van der Waals surface area (Å²) in [5.41, 5.74) is 0.486. The van der Waals surface area contributed by atoms with Gasteiger partial charge in [0.25, 0.3) is 5.91 Å². The van der Waals surface area contributed by atoms with Crippen LogP contribution >= 0.6 is 0 Å². The molecule has 2 aliphatic heterocycles. The molecule has 0 N–H and O–H groups in total. The molecule has 3 heterocycles. The Balaban J connectivity index is 1.35. The van der Waals surface area contributed by atoms with Crippen LogP contribution in [0.3, 0.4) is 0 Å². The second-order valence-corrected chi connectivity index (χ2v) is 6.64. The Kier molecular flexibility index (Phi) is 3.45. The molecule has 2 saturated heterocycles. The summed E-state index contributed by atoms with van der Waals surface area (Å²) in [4.78, 5) is 14.4. The van der Waals surface area contributed by atoms with Gasteiger partial charge in [0, 0.05) is 38.3 Å². The lowest BCUT2D eigenvalue weighted by Gasteiger charge is -2.34. The van der Waals surface area contributed by atoms with Crippen molar-refractivity contribution in [1.82, 2.24) is 10.1 Å². The summed E-state index contributed by atoms with van der Waals surface area (Å²) in [6, 6.07) is 1.84. The molecule has 3 aliphatic rings. The largest absolute Gasteiger partial charge is 0.381 e. The molecular formula is C16H22N2O3. The first-order valence-corrected chi connectivity index (χ1v) is 8.15. The maximum Gasteiger partial charge on any atom is 0.276 e. The van der Waals surface area contributed by atoms with Crippen molar-refractivity contribution in [3.8, 4) is 0 Å². The molecule has 5 nitrogen and oxygen atoms in total. The number of rotatable bonds is 3. The topological polar surface area (TPSA) is 55.6 Å². The van der Waals surface area contributed by atoms with E-state index in [1.807, 2.05) is 11.0 Å². The molecule has 21 heavy (non-hydrogen) atoms. The number of hydrogen-bond donors (Lipinski definition) is 0. The third-order valence-corrected chi connectivity index (χ3v) is 5.19. The SMILES string of the molecule is O=C(c1cc(C2CC2)on1)N1CCC([C@@H]2CCOC2)CC1. The lowest BCUT2D eigenvalue weighted by atomic mass is 9.84. The molecule has 0 spiro atoms. The summed E-state index contributed by atoms with van der Waals surface area (Å²) in [5.74, 6) is 2.85. The van der Waals surface area contributed by atoms with E-state index in [0.29, 0.717) is 17.5 Å². The average molecular weight is 290 g/mol. The second-order valence-electron chi connectivity index (χ2n) is 6.64. The van der Waals surface area contributed by atoms with Crippen molar-refractivity contribution in [2.24, 2.45) is 11.8 Å². The van der Waals surface area contributed by atoms with Gasteiger partial charge in [-0.2, -0.15) is 0 Å². The van der Waals surface area contributed by atoms with Crippen molar-refractivity contribution >= 4 is 5.91 Å². The number of ether oxygens (including phenoxy) is 1. The summed E-state index contributed by atoms with van der Waals surface area (Å²) in [6.45, 7) is 3.50. The third kappa shape index (κ3) is 2.71. The number of amides is 1. The lowest BCUT2D eigenvalue weighted by Crippen LogP contribution is -2.40. The molecule has 3 fully saturated rings. The van der Waals surface area contributed by atoms with Crippen LogP contribution in [0, 0.1) is 11.8 Å². The molecule has 4 rings (SSSR count). The summed E-state index contributed by atoms with van der Waals surface area (Å²) in [6.07, 6.45) is 5.70. The molecule has 1 saturated carbocycles. The Labute approximate surface area is 124 Å². The van der Waals surface area contributed by atoms with Crippen LogP contribution in [0.4, 0.5) is 0 Å². The van der Waals surface area contributed by atoms with Gasteiger partial charge in [0.1, 0.15) is 5.76 Å². The van der Waals surface area contributed by atoms with Crippen LogP contribution in [0.15, 0.2) is 10.6 Å². The molecule has 1 aliphatic carbocycles. The van der Waals surface area contributed by atoms with Gasteiger partial charge in [0.05, 0.1) is 0 Å². The van der Waals surface area contributed by atoms with Crippen LogP contribution in [0.2, 0.25) is 0 Å². The van der Waals surface area contributed by atoms with Crippen molar-refractivity contribution in [1.29, 1.82) is 0 Å². The Morgan fingerprint density at radius 2 is 1.95 bits per heavy atom. The number of likely N-dealkylation sites (tertiary alicyclic amines) is 1. The van der Waals surface area contributed by atoms with Crippen molar-refractivity contribution < 1.29 is 14.1 Å². The van der Waals surface area contributed by atoms with E-state index in [1.54, 1.807) is 0 Å². The van der Waals surface area contributed by atoms with Crippen LogP contribution in [0.25, 0.3) is 0 Å². The Morgan fingerprint density at radius 1 is 1.14 bits per heavy atom. The first-order valence-electron chi connectivity index (χ1n) is 8.15. The molecule has 1 atom stereocenters. The number of aromatic nitrogens is 1. The Hall–Kier alpha value is -1.36. The number of carbonyl (C=O) groups is 1. The molecule has 0 unspecified atom stereocenters. The zero-order valence-electron chi connectivity index (χ0n) is 12.3. The normalized spacial score (nSPS) is 27.2. The van der Waals surface area contributed by atoms with Crippen LogP contribution in [-0.2, 0) is 4.74 Å². The first kappa shape index (κ1) is 13.3. The molecule has 114 valence electrons. The minimum Gasteiger partial charge on any atom is -0.381 e. The maximum atomic E-state index is 12.5. The Morgan fingerprint density at radius 3 is 2.62 bits per heavy atom. The number of nitrogens with zero attached hydrogens (tertiary/aromatic N) is 2. The smallest absolute Gasteiger partial charge is 0.276 e. The molecule has 1 aromatic heterocycles. The highest BCUT2D eigenvalue weighted by Gasteiger charge is 2.33. The predicted octanol–water partition coefficient (Wildman–Crippen LogP) is 2.44. The fourth-order valence-corrected chi connectivity index (χ4v) is 3.61. The first-order chi connectivity index (χ1) is 10.3. The quantitative estimate of drug-likeness (QED) is 0.858. The molecular weight excluding hydrogens is 268 g/mol. The number of piperidine rings is 1. The molecule has 1 amide bonds. The van der Waals surface area contributed by atoms with Gasteiger partial charge in [-0.25, -0.2) is 0 Å². The average Bonchev–Trinajstić information content (AvgIpc) is 3.05. The highest BCUT2D eigenvalue weighted by atomic mass is 16.5. The van der Waals surface area contributed by atoms with Gasteiger partial charge in [0.2, 0.25) is 0 Å². The summed E-state index contributed by atoms with van der Waals surface area (Å²) >= 11 is 0. The van der Waals surface area contributed by atoms with E-state index in [0.717, 1.165) is 63.7 Å². The van der Waals surface area contributed by atoms with E-state index < -0.39 is 0 Å². The van der Waals surface area contributed by atoms with Gasteiger partial charge in [0.15, 0.2) is 5.69 Å². The third-order valence-electron chi connectivity index (χ3n) is 5.19. The van der Waals surface area contributed by atoms with Crippen LogP contribution in [0.1, 0.15) is 54.3 Å². The van der Waals surface area contributed by atoms with Gasteiger partial charge in [-0.1, -0.05) is 5.16 Å². The monoisotopic (exact) mass is 290 g/mol. The summed E-state index contributed by atoms with van der Waals surface area (Å²) in [7, 11) is 0. The standard InChI is InChI=1S/C16H22N2O3/c19-16(14-9-15(21-17-14)12-1-2-12)18-6-3-11(4-7-18)13-5-8-20-10-13/h9,11-13H,1-8,10H2/t13-/m1/s1. The minimum atomic E-state index is 0.0340. The van der Waals surface area contributed by atoms with E-state index in [4.69, 9.17) is 9.26 Å².